The van der Waals surface area contributed by atoms with E-state index in [0.29, 0.717) is 35.7 Å². The molecular formula is C27H45N5O. The van der Waals surface area contributed by atoms with Crippen molar-refractivity contribution in [2.75, 3.05) is 31.6 Å². The third kappa shape index (κ3) is 5.76. The fourth-order valence-corrected chi connectivity index (χ4v) is 6.36. The van der Waals surface area contributed by atoms with Crippen molar-refractivity contribution in [2.24, 2.45) is 17.8 Å². The fraction of sp³-hybridized carbons (Fsp3) is 0.815. The predicted octanol–water partition coefficient (Wildman–Crippen LogP) is 4.39. The Labute approximate surface area is 201 Å². The summed E-state index contributed by atoms with van der Waals surface area (Å²) in [6.07, 6.45) is 12.3. The average Bonchev–Trinajstić information content (AvgIpc) is 3.07. The Balaban J connectivity index is 1.26. The van der Waals surface area contributed by atoms with Crippen LogP contribution in [0.5, 0.6) is 0 Å². The minimum absolute atomic E-state index is 0.177. The number of piperazine rings is 1. The smallest absolute Gasteiger partial charge is 0.225 e. The second-order valence-corrected chi connectivity index (χ2v) is 11.4. The van der Waals surface area contributed by atoms with Crippen LogP contribution in [0, 0.1) is 17.8 Å². The standard InChI is InChI=1S/C27H45N5O/c1-6-20(4)31-17-24-11-12-25(18-31)32(24)27-28-13-22(14-29-27)16-30(5)15-21-7-9-23(10-8-21)26(33)19(2)3/h13-14,19-21,23-25H,6-12,15-18H2,1-5H3. The molecule has 0 amide bonds. The van der Waals surface area contributed by atoms with Crippen molar-refractivity contribution in [3.63, 3.8) is 0 Å². The first-order valence-corrected chi connectivity index (χ1v) is 13.4. The number of hydrogen-bond donors (Lipinski definition) is 0. The quantitative estimate of drug-likeness (QED) is 0.550. The van der Waals surface area contributed by atoms with E-state index in [-0.39, 0.29) is 5.92 Å². The zero-order valence-corrected chi connectivity index (χ0v) is 21.5. The van der Waals surface area contributed by atoms with Crippen molar-refractivity contribution in [1.82, 2.24) is 19.8 Å². The molecule has 0 radical (unpaired) electrons. The van der Waals surface area contributed by atoms with Crippen LogP contribution in [0.3, 0.4) is 0 Å². The molecule has 2 bridgehead atoms. The number of likely N-dealkylation sites (tertiary alicyclic amines) is 1. The van der Waals surface area contributed by atoms with Gasteiger partial charge in [0.05, 0.1) is 0 Å². The Morgan fingerprint density at radius 1 is 1.03 bits per heavy atom. The molecule has 3 atom stereocenters. The van der Waals surface area contributed by atoms with Gasteiger partial charge >= 0.3 is 0 Å². The van der Waals surface area contributed by atoms with Crippen molar-refractivity contribution in [1.29, 1.82) is 0 Å². The lowest BCUT2D eigenvalue weighted by atomic mass is 9.77. The van der Waals surface area contributed by atoms with Crippen LogP contribution in [-0.4, -0.2) is 70.4 Å². The molecule has 2 saturated heterocycles. The highest BCUT2D eigenvalue weighted by molar-refractivity contribution is 5.82. The zero-order valence-electron chi connectivity index (χ0n) is 21.5. The molecular weight excluding hydrogens is 410 g/mol. The number of carbonyl (C=O) groups is 1. The van der Waals surface area contributed by atoms with Gasteiger partial charge in [-0.2, -0.15) is 0 Å². The van der Waals surface area contributed by atoms with E-state index < -0.39 is 0 Å². The van der Waals surface area contributed by atoms with E-state index in [1.807, 2.05) is 26.2 Å². The first-order valence-electron chi connectivity index (χ1n) is 13.4. The Morgan fingerprint density at radius 2 is 1.64 bits per heavy atom. The summed E-state index contributed by atoms with van der Waals surface area (Å²) in [7, 11) is 2.20. The van der Waals surface area contributed by atoms with Crippen LogP contribution in [0.15, 0.2) is 12.4 Å². The molecule has 3 heterocycles. The van der Waals surface area contributed by atoms with E-state index >= 15 is 0 Å². The van der Waals surface area contributed by atoms with E-state index in [2.05, 4.69) is 35.6 Å². The van der Waals surface area contributed by atoms with Crippen LogP contribution in [0.25, 0.3) is 0 Å². The number of Topliss-reactive ketones (excluding diaryl/α,β-unsaturated/α-hetero) is 1. The molecule has 0 N–H and O–H groups in total. The number of fused-ring (bicyclic) bond motifs is 2. The number of rotatable bonds is 9. The highest BCUT2D eigenvalue weighted by Gasteiger charge is 2.42. The van der Waals surface area contributed by atoms with Crippen LogP contribution in [0.1, 0.15) is 78.2 Å². The Kier molecular flexibility index (Phi) is 8.06. The van der Waals surface area contributed by atoms with Crippen molar-refractivity contribution in [3.05, 3.63) is 18.0 Å². The molecule has 3 aliphatic rings. The topological polar surface area (TPSA) is 52.6 Å². The van der Waals surface area contributed by atoms with E-state index in [1.165, 1.54) is 37.7 Å². The summed E-state index contributed by atoms with van der Waals surface area (Å²) in [4.78, 5) is 29.5. The fourth-order valence-electron chi connectivity index (χ4n) is 6.36. The predicted molar refractivity (Wildman–Crippen MR) is 134 cm³/mol. The molecule has 4 rings (SSSR count). The van der Waals surface area contributed by atoms with Crippen LogP contribution in [0.2, 0.25) is 0 Å². The Morgan fingerprint density at radius 3 is 2.18 bits per heavy atom. The summed E-state index contributed by atoms with van der Waals surface area (Å²) in [5.41, 5.74) is 1.19. The maximum atomic E-state index is 12.3. The summed E-state index contributed by atoms with van der Waals surface area (Å²) >= 11 is 0. The number of aromatic nitrogens is 2. The molecule has 1 aromatic rings. The molecule has 0 aromatic carbocycles. The second-order valence-electron chi connectivity index (χ2n) is 11.4. The van der Waals surface area contributed by atoms with Gasteiger partial charge in [0.15, 0.2) is 0 Å². The second kappa shape index (κ2) is 10.8. The van der Waals surface area contributed by atoms with Crippen molar-refractivity contribution in [2.45, 2.75) is 97.3 Å². The molecule has 3 unspecified atom stereocenters. The van der Waals surface area contributed by atoms with Gasteiger partial charge in [-0.05, 0) is 64.8 Å². The van der Waals surface area contributed by atoms with Gasteiger partial charge in [0.2, 0.25) is 5.95 Å². The van der Waals surface area contributed by atoms with Gasteiger partial charge in [-0.25, -0.2) is 9.97 Å². The van der Waals surface area contributed by atoms with E-state index in [0.717, 1.165) is 45.0 Å². The Bertz CT molecular complexity index is 759. The zero-order chi connectivity index (χ0) is 23.5. The molecule has 2 aliphatic heterocycles. The summed E-state index contributed by atoms with van der Waals surface area (Å²) in [6, 6.07) is 1.78. The molecule has 6 heteroatoms. The number of carbonyl (C=O) groups excluding carboxylic acids is 1. The molecule has 1 aliphatic carbocycles. The van der Waals surface area contributed by atoms with Crippen molar-refractivity contribution < 1.29 is 4.79 Å². The van der Waals surface area contributed by atoms with Gasteiger partial charge in [-0.1, -0.05) is 20.8 Å². The highest BCUT2D eigenvalue weighted by atomic mass is 16.1. The lowest BCUT2D eigenvalue weighted by Crippen LogP contribution is -2.56. The largest absolute Gasteiger partial charge is 0.332 e. The molecule has 184 valence electrons. The van der Waals surface area contributed by atoms with Gasteiger partial charge in [-0.3, -0.25) is 9.69 Å². The number of ketones is 1. The van der Waals surface area contributed by atoms with Gasteiger partial charge in [0, 0.05) is 74.1 Å². The van der Waals surface area contributed by atoms with Gasteiger partial charge in [-0.15, -0.1) is 0 Å². The molecule has 0 spiro atoms. The summed E-state index contributed by atoms with van der Waals surface area (Å²) in [5, 5.41) is 0. The van der Waals surface area contributed by atoms with Crippen molar-refractivity contribution in [3.8, 4) is 0 Å². The normalized spacial score (nSPS) is 29.1. The number of hydrogen-bond acceptors (Lipinski definition) is 6. The molecule has 1 saturated carbocycles. The lowest BCUT2D eigenvalue weighted by Gasteiger charge is -2.43. The minimum Gasteiger partial charge on any atom is -0.332 e. The molecule has 1 aromatic heterocycles. The molecule has 33 heavy (non-hydrogen) atoms. The first kappa shape index (κ1) is 24.6. The van der Waals surface area contributed by atoms with Crippen LogP contribution >= 0.6 is 0 Å². The third-order valence-corrected chi connectivity index (χ3v) is 8.49. The van der Waals surface area contributed by atoms with Crippen LogP contribution in [-0.2, 0) is 11.3 Å². The number of nitrogens with zero attached hydrogens (tertiary/aromatic N) is 5. The van der Waals surface area contributed by atoms with Crippen LogP contribution in [0.4, 0.5) is 5.95 Å². The maximum absolute atomic E-state index is 12.3. The first-order chi connectivity index (χ1) is 15.9. The lowest BCUT2D eigenvalue weighted by molar-refractivity contribution is -0.127. The molecule has 6 nitrogen and oxygen atoms in total. The maximum Gasteiger partial charge on any atom is 0.225 e. The van der Waals surface area contributed by atoms with Crippen LogP contribution < -0.4 is 4.90 Å². The van der Waals surface area contributed by atoms with Gasteiger partial charge in [0.25, 0.3) is 0 Å². The third-order valence-electron chi connectivity index (χ3n) is 8.49. The van der Waals surface area contributed by atoms with Gasteiger partial charge in [0.1, 0.15) is 5.78 Å². The minimum atomic E-state index is 0.177. The monoisotopic (exact) mass is 455 g/mol. The summed E-state index contributed by atoms with van der Waals surface area (Å²) in [6.45, 7) is 13.0. The summed E-state index contributed by atoms with van der Waals surface area (Å²) in [5.74, 6) is 2.56. The number of anilines is 1. The average molecular weight is 456 g/mol. The van der Waals surface area contributed by atoms with E-state index in [1.54, 1.807) is 0 Å². The summed E-state index contributed by atoms with van der Waals surface area (Å²) < 4.78 is 0. The van der Waals surface area contributed by atoms with E-state index in [9.17, 15) is 4.79 Å². The SMILES string of the molecule is CCC(C)N1CC2CCC(C1)N2c1ncc(CN(C)CC2CCC(C(=O)C(C)C)CC2)cn1. The highest BCUT2D eigenvalue weighted by Crippen LogP contribution is 2.34. The van der Waals surface area contributed by atoms with Crippen molar-refractivity contribution >= 4 is 11.7 Å². The van der Waals surface area contributed by atoms with E-state index in [4.69, 9.17) is 9.97 Å². The molecule has 3 fully saturated rings. The van der Waals surface area contributed by atoms with Gasteiger partial charge < -0.3 is 9.80 Å². The Hall–Kier alpha value is -1.53.